The Bertz CT molecular complexity index is 444. The maximum absolute atomic E-state index is 13.7. The van der Waals surface area contributed by atoms with Crippen LogP contribution in [0.4, 0.5) is 13.2 Å². The average Bonchev–Trinajstić information content (AvgIpc) is 2.29. The van der Waals surface area contributed by atoms with Crippen LogP contribution < -0.4 is 0 Å². The van der Waals surface area contributed by atoms with Gasteiger partial charge in [-0.2, -0.15) is 8.78 Å². The Kier molecular flexibility index (Phi) is 4.38. The summed E-state index contributed by atoms with van der Waals surface area (Å²) >= 11 is 0. The van der Waals surface area contributed by atoms with Gasteiger partial charge in [0.15, 0.2) is 6.17 Å². The first kappa shape index (κ1) is 14.5. The number of alkyl halides is 3. The maximum atomic E-state index is 13.7. The van der Waals surface area contributed by atoms with Gasteiger partial charge in [-0.3, -0.25) is 0 Å². The molecule has 0 spiro atoms. The monoisotopic (exact) mass is 260 g/mol. The molecule has 0 aliphatic heterocycles. The average molecular weight is 260 g/mol. The number of carbonyl (C=O) groups is 1. The number of carboxylic acid groups (broad SMARTS) is 1. The molecule has 0 fully saturated rings. The predicted molar refractivity (Wildman–Crippen MR) is 61.8 cm³/mol. The normalized spacial score (nSPS) is 13.4. The fourth-order valence-electron chi connectivity index (χ4n) is 1.68. The molecule has 0 saturated heterocycles. The highest BCUT2D eigenvalue weighted by molar-refractivity contribution is 5.89. The Morgan fingerprint density at radius 1 is 1.44 bits per heavy atom. The van der Waals surface area contributed by atoms with Crippen molar-refractivity contribution >= 4 is 5.97 Å². The standard InChI is InChI=1S/C13H15F3O2/c1-3-4-11(14)13(15,16)9-6-5-8(2)10(7-9)12(17)18/h5-7,11H,3-4H2,1-2H3,(H,17,18). The van der Waals surface area contributed by atoms with E-state index < -0.39 is 23.6 Å². The van der Waals surface area contributed by atoms with E-state index in [1.807, 2.05) is 0 Å². The molecule has 0 aromatic heterocycles. The summed E-state index contributed by atoms with van der Waals surface area (Å²) in [6, 6.07) is 3.19. The lowest BCUT2D eigenvalue weighted by Crippen LogP contribution is -2.27. The molecule has 1 aromatic rings. The Morgan fingerprint density at radius 2 is 2.06 bits per heavy atom. The molecule has 0 radical (unpaired) electrons. The molecule has 5 heteroatoms. The molecule has 2 nitrogen and oxygen atoms in total. The highest BCUT2D eigenvalue weighted by atomic mass is 19.3. The van der Waals surface area contributed by atoms with E-state index in [0.29, 0.717) is 12.0 Å². The molecule has 1 N–H and O–H groups in total. The van der Waals surface area contributed by atoms with Crippen LogP contribution in [0, 0.1) is 6.92 Å². The number of aryl methyl sites for hydroxylation is 1. The van der Waals surface area contributed by atoms with Crippen molar-refractivity contribution in [3.63, 3.8) is 0 Å². The van der Waals surface area contributed by atoms with Gasteiger partial charge in [-0.25, -0.2) is 9.18 Å². The van der Waals surface area contributed by atoms with E-state index in [9.17, 15) is 18.0 Å². The molecule has 18 heavy (non-hydrogen) atoms. The third-order valence-corrected chi connectivity index (χ3v) is 2.79. The molecule has 0 bridgehead atoms. The predicted octanol–water partition coefficient (Wildman–Crippen LogP) is 3.92. The van der Waals surface area contributed by atoms with Crippen LogP contribution in [-0.4, -0.2) is 17.2 Å². The Balaban J connectivity index is 3.16. The number of rotatable bonds is 5. The Labute approximate surface area is 103 Å². The van der Waals surface area contributed by atoms with Gasteiger partial charge in [0.25, 0.3) is 0 Å². The molecular weight excluding hydrogens is 245 g/mol. The van der Waals surface area contributed by atoms with Gasteiger partial charge in [-0.15, -0.1) is 0 Å². The summed E-state index contributed by atoms with van der Waals surface area (Å²) in [5.74, 6) is -4.95. The second-order valence-electron chi connectivity index (χ2n) is 4.21. The van der Waals surface area contributed by atoms with E-state index in [1.165, 1.54) is 13.0 Å². The number of benzene rings is 1. The van der Waals surface area contributed by atoms with E-state index >= 15 is 0 Å². The van der Waals surface area contributed by atoms with Crippen LogP contribution in [0.25, 0.3) is 0 Å². The van der Waals surface area contributed by atoms with Crippen molar-refractivity contribution in [2.24, 2.45) is 0 Å². The fourth-order valence-corrected chi connectivity index (χ4v) is 1.68. The van der Waals surface area contributed by atoms with Crippen LogP contribution in [0.15, 0.2) is 18.2 Å². The van der Waals surface area contributed by atoms with Gasteiger partial charge in [0.1, 0.15) is 0 Å². The molecule has 0 saturated carbocycles. The first-order chi connectivity index (χ1) is 8.30. The summed E-state index contributed by atoms with van der Waals surface area (Å²) in [6.45, 7) is 3.12. The molecular formula is C13H15F3O2. The highest BCUT2D eigenvalue weighted by Crippen LogP contribution is 2.36. The van der Waals surface area contributed by atoms with Crippen molar-refractivity contribution < 1.29 is 23.1 Å². The van der Waals surface area contributed by atoms with Crippen LogP contribution in [0.5, 0.6) is 0 Å². The first-order valence-corrected chi connectivity index (χ1v) is 5.67. The largest absolute Gasteiger partial charge is 0.478 e. The lowest BCUT2D eigenvalue weighted by molar-refractivity contribution is -0.0817. The van der Waals surface area contributed by atoms with Crippen molar-refractivity contribution in [2.45, 2.75) is 38.8 Å². The zero-order chi connectivity index (χ0) is 13.9. The smallest absolute Gasteiger partial charge is 0.335 e. The molecule has 0 amide bonds. The summed E-state index contributed by atoms with van der Waals surface area (Å²) in [4.78, 5) is 10.9. The van der Waals surface area contributed by atoms with Crippen molar-refractivity contribution in [1.29, 1.82) is 0 Å². The van der Waals surface area contributed by atoms with Crippen molar-refractivity contribution in [1.82, 2.24) is 0 Å². The second-order valence-corrected chi connectivity index (χ2v) is 4.21. The number of aromatic carboxylic acids is 1. The minimum Gasteiger partial charge on any atom is -0.478 e. The topological polar surface area (TPSA) is 37.3 Å². The summed E-state index contributed by atoms with van der Waals surface area (Å²) in [5, 5.41) is 8.86. The van der Waals surface area contributed by atoms with Crippen LogP contribution in [0.2, 0.25) is 0 Å². The molecule has 0 heterocycles. The molecule has 1 aromatic carbocycles. The quantitative estimate of drug-likeness (QED) is 0.871. The van der Waals surface area contributed by atoms with Crippen LogP contribution >= 0.6 is 0 Å². The molecule has 1 unspecified atom stereocenters. The summed E-state index contributed by atoms with van der Waals surface area (Å²) in [6.07, 6.45) is -2.26. The SMILES string of the molecule is CCCC(F)C(F)(F)c1ccc(C)c(C(=O)O)c1. The molecule has 0 aliphatic rings. The van der Waals surface area contributed by atoms with E-state index in [2.05, 4.69) is 0 Å². The van der Waals surface area contributed by atoms with Gasteiger partial charge in [-0.1, -0.05) is 25.5 Å². The Hall–Kier alpha value is -1.52. The van der Waals surface area contributed by atoms with Gasteiger partial charge in [0, 0.05) is 5.56 Å². The lowest BCUT2D eigenvalue weighted by Gasteiger charge is -2.21. The highest BCUT2D eigenvalue weighted by Gasteiger charge is 2.41. The molecule has 100 valence electrons. The molecule has 0 aliphatic carbocycles. The number of hydrogen-bond donors (Lipinski definition) is 1. The third-order valence-electron chi connectivity index (χ3n) is 2.79. The van der Waals surface area contributed by atoms with Crippen molar-refractivity contribution in [3.8, 4) is 0 Å². The van der Waals surface area contributed by atoms with Gasteiger partial charge in [-0.05, 0) is 25.0 Å². The van der Waals surface area contributed by atoms with Gasteiger partial charge in [0.2, 0.25) is 0 Å². The summed E-state index contributed by atoms with van der Waals surface area (Å²) < 4.78 is 40.9. The molecule has 1 atom stereocenters. The van der Waals surface area contributed by atoms with Crippen molar-refractivity contribution in [3.05, 3.63) is 34.9 Å². The maximum Gasteiger partial charge on any atom is 0.335 e. The summed E-state index contributed by atoms with van der Waals surface area (Å²) in [5.41, 5.74) is -0.449. The Morgan fingerprint density at radius 3 is 2.56 bits per heavy atom. The van der Waals surface area contributed by atoms with E-state index in [-0.39, 0.29) is 12.0 Å². The third kappa shape index (κ3) is 2.83. The second kappa shape index (κ2) is 5.42. The zero-order valence-corrected chi connectivity index (χ0v) is 10.2. The van der Waals surface area contributed by atoms with Gasteiger partial charge >= 0.3 is 11.9 Å². The van der Waals surface area contributed by atoms with Crippen LogP contribution in [0.1, 0.15) is 41.3 Å². The van der Waals surface area contributed by atoms with E-state index in [1.54, 1.807) is 6.92 Å². The van der Waals surface area contributed by atoms with Gasteiger partial charge < -0.3 is 5.11 Å². The van der Waals surface area contributed by atoms with E-state index in [0.717, 1.165) is 12.1 Å². The number of hydrogen-bond acceptors (Lipinski definition) is 1. The van der Waals surface area contributed by atoms with E-state index in [4.69, 9.17) is 5.11 Å². The van der Waals surface area contributed by atoms with Crippen LogP contribution in [0.3, 0.4) is 0 Å². The zero-order valence-electron chi connectivity index (χ0n) is 10.2. The lowest BCUT2D eigenvalue weighted by atomic mass is 9.97. The van der Waals surface area contributed by atoms with Crippen LogP contribution in [-0.2, 0) is 5.92 Å². The van der Waals surface area contributed by atoms with Gasteiger partial charge in [0.05, 0.1) is 5.56 Å². The van der Waals surface area contributed by atoms with Crippen molar-refractivity contribution in [2.75, 3.05) is 0 Å². The summed E-state index contributed by atoms with van der Waals surface area (Å²) in [7, 11) is 0. The first-order valence-electron chi connectivity index (χ1n) is 5.67. The number of carboxylic acids is 1. The number of halogens is 3. The molecule has 1 rings (SSSR count). The minimum absolute atomic E-state index is 0.226. The fraction of sp³-hybridized carbons (Fsp3) is 0.462. The minimum atomic E-state index is -3.66.